The molecule has 0 radical (unpaired) electrons. The Bertz CT molecular complexity index is 887. The lowest BCUT2D eigenvalue weighted by Gasteiger charge is -2.17. The van der Waals surface area contributed by atoms with Gasteiger partial charge in [0.1, 0.15) is 5.76 Å². The number of sulfonamides is 1. The molecule has 8 heteroatoms. The van der Waals surface area contributed by atoms with Gasteiger partial charge in [-0.2, -0.15) is 0 Å². The molecule has 0 bridgehead atoms. The van der Waals surface area contributed by atoms with Crippen LogP contribution in [0.15, 0.2) is 27.6 Å². The SMILES string of the molecule is CCc1onc(C)c1CNS(=O)(=O)c1ccc2c(c1)CCC(=O)N2. The summed E-state index contributed by atoms with van der Waals surface area (Å²) in [5.74, 6) is 0.634. The van der Waals surface area contributed by atoms with E-state index in [4.69, 9.17) is 4.52 Å². The van der Waals surface area contributed by atoms with Gasteiger partial charge < -0.3 is 9.84 Å². The lowest BCUT2D eigenvalue weighted by Crippen LogP contribution is -2.25. The number of benzene rings is 1. The molecule has 128 valence electrons. The Balaban J connectivity index is 1.81. The third-order valence-corrected chi connectivity index (χ3v) is 5.51. The van der Waals surface area contributed by atoms with Crippen molar-refractivity contribution in [2.75, 3.05) is 5.32 Å². The summed E-state index contributed by atoms with van der Waals surface area (Å²) in [6.45, 7) is 3.85. The van der Waals surface area contributed by atoms with Crippen LogP contribution < -0.4 is 10.0 Å². The normalized spacial score (nSPS) is 14.3. The molecule has 7 nitrogen and oxygen atoms in total. The third-order valence-electron chi connectivity index (χ3n) is 4.11. The topological polar surface area (TPSA) is 101 Å². The monoisotopic (exact) mass is 349 g/mol. The first kappa shape index (κ1) is 16.7. The molecule has 0 fully saturated rings. The maximum absolute atomic E-state index is 12.5. The van der Waals surface area contributed by atoms with Crippen molar-refractivity contribution in [3.63, 3.8) is 0 Å². The van der Waals surface area contributed by atoms with Crippen LogP contribution in [0.25, 0.3) is 0 Å². The van der Waals surface area contributed by atoms with Crippen LogP contribution in [0.5, 0.6) is 0 Å². The molecule has 0 saturated carbocycles. The molecule has 0 unspecified atom stereocenters. The minimum Gasteiger partial charge on any atom is -0.361 e. The molecule has 2 heterocycles. The van der Waals surface area contributed by atoms with Crippen LogP contribution >= 0.6 is 0 Å². The molecule has 1 aromatic heterocycles. The maximum Gasteiger partial charge on any atom is 0.240 e. The molecular formula is C16H19N3O4S. The molecule has 2 aromatic rings. The Hall–Kier alpha value is -2.19. The van der Waals surface area contributed by atoms with E-state index >= 15 is 0 Å². The maximum atomic E-state index is 12.5. The number of nitrogens with one attached hydrogen (secondary N) is 2. The fourth-order valence-corrected chi connectivity index (χ4v) is 3.76. The predicted octanol–water partition coefficient (Wildman–Crippen LogP) is 1.91. The quantitative estimate of drug-likeness (QED) is 0.858. The van der Waals surface area contributed by atoms with Gasteiger partial charge in [0.25, 0.3) is 0 Å². The summed E-state index contributed by atoms with van der Waals surface area (Å²) in [6.07, 6.45) is 1.55. The van der Waals surface area contributed by atoms with Gasteiger partial charge in [-0.05, 0) is 37.1 Å². The van der Waals surface area contributed by atoms with Crippen molar-refractivity contribution in [2.45, 2.75) is 44.6 Å². The Labute approximate surface area is 140 Å². The van der Waals surface area contributed by atoms with Gasteiger partial charge in [-0.25, -0.2) is 13.1 Å². The molecule has 1 aromatic carbocycles. The zero-order valence-electron chi connectivity index (χ0n) is 13.5. The molecular weight excluding hydrogens is 330 g/mol. The van der Waals surface area contributed by atoms with Crippen molar-refractivity contribution in [2.24, 2.45) is 0 Å². The van der Waals surface area contributed by atoms with Crippen molar-refractivity contribution >= 4 is 21.6 Å². The number of rotatable bonds is 5. The van der Waals surface area contributed by atoms with Crippen molar-refractivity contribution < 1.29 is 17.7 Å². The van der Waals surface area contributed by atoms with E-state index in [1.165, 1.54) is 6.07 Å². The van der Waals surface area contributed by atoms with Gasteiger partial charge in [0, 0.05) is 30.6 Å². The van der Waals surface area contributed by atoms with Gasteiger partial charge in [-0.1, -0.05) is 12.1 Å². The van der Waals surface area contributed by atoms with Crippen LogP contribution in [0, 0.1) is 6.92 Å². The number of carbonyl (C=O) groups is 1. The molecule has 2 N–H and O–H groups in total. The van der Waals surface area contributed by atoms with Gasteiger partial charge in [0.2, 0.25) is 15.9 Å². The second kappa shape index (κ2) is 6.37. The first-order valence-corrected chi connectivity index (χ1v) is 9.25. The Kier molecular flexibility index (Phi) is 4.42. The largest absolute Gasteiger partial charge is 0.361 e. The van der Waals surface area contributed by atoms with Gasteiger partial charge in [-0.3, -0.25) is 4.79 Å². The summed E-state index contributed by atoms with van der Waals surface area (Å²) in [4.78, 5) is 11.6. The molecule has 24 heavy (non-hydrogen) atoms. The van der Waals surface area contributed by atoms with Gasteiger partial charge >= 0.3 is 0 Å². The average Bonchev–Trinajstić information content (AvgIpc) is 2.92. The van der Waals surface area contributed by atoms with E-state index in [0.29, 0.717) is 36.4 Å². The van der Waals surface area contributed by atoms with Crippen molar-refractivity contribution in [1.82, 2.24) is 9.88 Å². The van der Waals surface area contributed by atoms with E-state index in [2.05, 4.69) is 15.2 Å². The molecule has 0 saturated heterocycles. The fourth-order valence-electron chi connectivity index (χ4n) is 2.72. The van der Waals surface area contributed by atoms with Crippen LogP contribution in [0.3, 0.4) is 0 Å². The highest BCUT2D eigenvalue weighted by molar-refractivity contribution is 7.89. The zero-order chi connectivity index (χ0) is 17.3. The van der Waals surface area contributed by atoms with Crippen molar-refractivity contribution in [1.29, 1.82) is 0 Å². The molecule has 0 spiro atoms. The molecule has 3 rings (SSSR count). The number of fused-ring (bicyclic) bond motifs is 1. The highest BCUT2D eigenvalue weighted by Crippen LogP contribution is 2.25. The highest BCUT2D eigenvalue weighted by atomic mass is 32.2. The van der Waals surface area contributed by atoms with Crippen LogP contribution in [0.2, 0.25) is 0 Å². The Morgan fingerprint density at radius 2 is 2.12 bits per heavy atom. The summed E-state index contributed by atoms with van der Waals surface area (Å²) in [5, 5.41) is 6.62. The lowest BCUT2D eigenvalue weighted by atomic mass is 10.0. The van der Waals surface area contributed by atoms with Crippen molar-refractivity contribution in [3.8, 4) is 0 Å². The molecule has 1 aliphatic heterocycles. The predicted molar refractivity (Wildman–Crippen MR) is 88.0 cm³/mol. The second-order valence-electron chi connectivity index (χ2n) is 5.71. The fraction of sp³-hybridized carbons (Fsp3) is 0.375. The van der Waals surface area contributed by atoms with Gasteiger partial charge in [0.15, 0.2) is 0 Å². The van der Waals surface area contributed by atoms with Crippen LogP contribution in [0.4, 0.5) is 5.69 Å². The summed E-state index contributed by atoms with van der Waals surface area (Å²) in [7, 11) is -3.66. The van der Waals surface area contributed by atoms with Gasteiger partial charge in [0.05, 0.1) is 10.6 Å². The van der Waals surface area contributed by atoms with E-state index in [1.807, 2.05) is 6.92 Å². The van der Waals surface area contributed by atoms with Crippen molar-refractivity contribution in [3.05, 3.63) is 40.8 Å². The summed E-state index contributed by atoms with van der Waals surface area (Å²) >= 11 is 0. The lowest BCUT2D eigenvalue weighted by molar-refractivity contribution is -0.116. The van der Waals surface area contributed by atoms with Crippen LogP contribution in [-0.4, -0.2) is 19.5 Å². The summed E-state index contributed by atoms with van der Waals surface area (Å²) < 4.78 is 32.8. The number of anilines is 1. The number of aryl methyl sites for hydroxylation is 3. The Morgan fingerprint density at radius 1 is 1.33 bits per heavy atom. The first-order valence-electron chi connectivity index (χ1n) is 7.77. The van der Waals surface area contributed by atoms with E-state index in [1.54, 1.807) is 19.1 Å². The third kappa shape index (κ3) is 3.20. The number of amides is 1. The summed E-state index contributed by atoms with van der Waals surface area (Å²) in [6, 6.07) is 4.73. The zero-order valence-corrected chi connectivity index (χ0v) is 14.4. The standard InChI is InChI=1S/C16H19N3O4S/c1-3-15-13(10(2)19-23-15)9-17-24(21,22)12-5-6-14-11(8-12)4-7-16(20)18-14/h5-6,8,17H,3-4,7,9H2,1-2H3,(H,18,20). The number of hydrogen-bond donors (Lipinski definition) is 2. The van der Waals surface area contributed by atoms with Crippen LogP contribution in [-0.2, 0) is 34.2 Å². The molecule has 1 aliphatic rings. The molecule has 1 amide bonds. The molecule has 0 atom stereocenters. The smallest absolute Gasteiger partial charge is 0.240 e. The number of carbonyl (C=O) groups excluding carboxylic acids is 1. The number of nitrogens with zero attached hydrogens (tertiary/aromatic N) is 1. The summed E-state index contributed by atoms with van der Waals surface area (Å²) in [5.41, 5.74) is 2.95. The second-order valence-corrected chi connectivity index (χ2v) is 7.48. The minimum atomic E-state index is -3.66. The minimum absolute atomic E-state index is 0.0498. The number of hydrogen-bond acceptors (Lipinski definition) is 5. The highest BCUT2D eigenvalue weighted by Gasteiger charge is 2.21. The van der Waals surface area contributed by atoms with E-state index in [0.717, 1.165) is 11.1 Å². The van der Waals surface area contributed by atoms with E-state index in [-0.39, 0.29) is 17.3 Å². The van der Waals surface area contributed by atoms with Gasteiger partial charge in [-0.15, -0.1) is 0 Å². The van der Waals surface area contributed by atoms with E-state index < -0.39 is 10.0 Å². The van der Waals surface area contributed by atoms with E-state index in [9.17, 15) is 13.2 Å². The van der Waals surface area contributed by atoms with Crippen LogP contribution in [0.1, 0.15) is 35.9 Å². The average molecular weight is 349 g/mol. The molecule has 0 aliphatic carbocycles. The Morgan fingerprint density at radius 3 is 2.88 bits per heavy atom. The first-order chi connectivity index (χ1) is 11.4. The number of aromatic nitrogens is 1.